The van der Waals surface area contributed by atoms with Crippen molar-refractivity contribution < 1.29 is 9.53 Å². The van der Waals surface area contributed by atoms with Crippen molar-refractivity contribution in [2.75, 3.05) is 6.61 Å². The lowest BCUT2D eigenvalue weighted by Gasteiger charge is -2.02. The monoisotopic (exact) mass is 383 g/mol. The number of ether oxygens (including phenoxy) is 1. The predicted octanol–water partition coefficient (Wildman–Crippen LogP) is 4.68. The molecular formula is C23H33N3O2. The van der Waals surface area contributed by atoms with Gasteiger partial charge in [0.2, 0.25) is 0 Å². The minimum absolute atomic E-state index is 0.371. The highest BCUT2D eigenvalue weighted by atomic mass is 16.5. The van der Waals surface area contributed by atoms with Gasteiger partial charge >= 0.3 is 5.97 Å². The van der Waals surface area contributed by atoms with Crippen molar-refractivity contribution in [1.29, 1.82) is 0 Å². The second-order valence-electron chi connectivity index (χ2n) is 6.67. The normalized spacial score (nSPS) is 9.61. The van der Waals surface area contributed by atoms with E-state index in [1.165, 1.54) is 22.8 Å². The van der Waals surface area contributed by atoms with Gasteiger partial charge in [-0.25, -0.2) is 4.79 Å². The Kier molecular flexibility index (Phi) is 10.3. The van der Waals surface area contributed by atoms with Crippen molar-refractivity contribution >= 4 is 5.97 Å². The number of esters is 1. The van der Waals surface area contributed by atoms with E-state index in [1.807, 2.05) is 47.8 Å². The molecule has 28 heavy (non-hydrogen) atoms. The van der Waals surface area contributed by atoms with E-state index in [1.54, 1.807) is 0 Å². The van der Waals surface area contributed by atoms with Gasteiger partial charge in [0.05, 0.1) is 6.54 Å². The Balaban J connectivity index is 0.000000224. The van der Waals surface area contributed by atoms with Gasteiger partial charge in [-0.15, -0.1) is 0 Å². The van der Waals surface area contributed by atoms with Crippen molar-refractivity contribution in [3.8, 4) is 0 Å². The van der Waals surface area contributed by atoms with E-state index in [9.17, 15) is 4.79 Å². The van der Waals surface area contributed by atoms with Crippen LogP contribution >= 0.6 is 0 Å². The SMILES string of the molecule is C=CC(=O)OCCn1ccc(C)c1.CCn1ccc(C)c1.Cc1ccn(C)c1. The van der Waals surface area contributed by atoms with Crippen LogP contribution in [-0.4, -0.2) is 26.3 Å². The van der Waals surface area contributed by atoms with Crippen molar-refractivity contribution in [2.24, 2.45) is 7.05 Å². The van der Waals surface area contributed by atoms with Crippen molar-refractivity contribution in [3.63, 3.8) is 0 Å². The van der Waals surface area contributed by atoms with Crippen LogP contribution in [0, 0.1) is 20.8 Å². The van der Waals surface area contributed by atoms with Gasteiger partial charge in [-0.1, -0.05) is 6.58 Å². The van der Waals surface area contributed by atoms with E-state index in [2.05, 4.69) is 62.6 Å². The Morgan fingerprint density at radius 2 is 1.50 bits per heavy atom. The van der Waals surface area contributed by atoms with Crippen LogP contribution in [0.15, 0.2) is 68.0 Å². The zero-order chi connectivity index (χ0) is 20.9. The standard InChI is InChI=1S/C10H13NO2.C7H11N.C6H9N/c1-3-10(12)13-7-6-11-5-4-9(2)8-11;1-3-8-5-4-7(2)6-8;1-6-3-4-7(2)5-6/h3-5,8H,1,6-7H2,2H3;4-6H,3H2,1-2H3;3-5H,1-2H3. The molecule has 0 amide bonds. The first kappa shape index (κ1) is 23.1. The fourth-order valence-electron chi connectivity index (χ4n) is 2.41. The van der Waals surface area contributed by atoms with Crippen LogP contribution in [0.25, 0.3) is 0 Å². The molecule has 0 unspecified atom stereocenters. The van der Waals surface area contributed by atoms with Crippen LogP contribution in [0.2, 0.25) is 0 Å². The molecule has 0 aliphatic rings. The van der Waals surface area contributed by atoms with Crippen LogP contribution < -0.4 is 0 Å². The predicted molar refractivity (Wildman–Crippen MR) is 115 cm³/mol. The van der Waals surface area contributed by atoms with Gasteiger partial charge in [0.15, 0.2) is 0 Å². The molecule has 0 atom stereocenters. The van der Waals surface area contributed by atoms with Crippen molar-refractivity contribution in [1.82, 2.24) is 13.7 Å². The Labute approximate surface area is 168 Å². The van der Waals surface area contributed by atoms with E-state index in [0.29, 0.717) is 13.2 Å². The lowest BCUT2D eigenvalue weighted by Crippen LogP contribution is -2.07. The molecule has 5 nitrogen and oxygen atoms in total. The third kappa shape index (κ3) is 9.67. The molecule has 3 aromatic heterocycles. The number of hydrogen-bond donors (Lipinski definition) is 0. The highest BCUT2D eigenvalue weighted by Gasteiger charge is 1.95. The number of nitrogens with zero attached hydrogens (tertiary/aromatic N) is 3. The smallest absolute Gasteiger partial charge is 0.330 e. The first-order valence-corrected chi connectivity index (χ1v) is 9.46. The fraction of sp³-hybridized carbons (Fsp3) is 0.348. The maximum Gasteiger partial charge on any atom is 0.330 e. The molecule has 0 spiro atoms. The lowest BCUT2D eigenvalue weighted by molar-refractivity contribution is -0.137. The van der Waals surface area contributed by atoms with E-state index in [4.69, 9.17) is 4.74 Å². The van der Waals surface area contributed by atoms with Crippen molar-refractivity contribution in [2.45, 2.75) is 40.8 Å². The number of hydrogen-bond acceptors (Lipinski definition) is 2. The van der Waals surface area contributed by atoms with E-state index < -0.39 is 0 Å². The maximum absolute atomic E-state index is 10.7. The van der Waals surface area contributed by atoms with Crippen LogP contribution in [-0.2, 0) is 29.7 Å². The molecule has 3 heterocycles. The summed E-state index contributed by atoms with van der Waals surface area (Å²) in [5, 5.41) is 0. The summed E-state index contributed by atoms with van der Waals surface area (Å²) in [6.45, 7) is 13.8. The molecule has 0 fully saturated rings. The van der Waals surface area contributed by atoms with Gasteiger partial charge in [-0.3, -0.25) is 0 Å². The Hall–Kier alpha value is -2.95. The molecule has 152 valence electrons. The van der Waals surface area contributed by atoms with E-state index in [-0.39, 0.29) is 5.97 Å². The summed E-state index contributed by atoms with van der Waals surface area (Å²) in [6.07, 6.45) is 13.5. The number of aromatic nitrogens is 3. The van der Waals surface area contributed by atoms with Gasteiger partial charge in [-0.2, -0.15) is 0 Å². The van der Waals surface area contributed by atoms with Crippen LogP contribution in [0.5, 0.6) is 0 Å². The third-order valence-electron chi connectivity index (χ3n) is 3.90. The highest BCUT2D eigenvalue weighted by molar-refractivity contribution is 5.81. The van der Waals surface area contributed by atoms with Gasteiger partial charge in [-0.05, 0) is 62.6 Å². The minimum Gasteiger partial charge on any atom is -0.461 e. The molecule has 0 saturated carbocycles. The van der Waals surface area contributed by atoms with Crippen LogP contribution in [0.3, 0.4) is 0 Å². The first-order valence-electron chi connectivity index (χ1n) is 9.46. The number of aryl methyl sites for hydroxylation is 5. The molecule has 3 aromatic rings. The summed E-state index contributed by atoms with van der Waals surface area (Å²) in [5.74, 6) is -0.371. The molecule has 0 bridgehead atoms. The van der Waals surface area contributed by atoms with E-state index in [0.717, 1.165) is 6.54 Å². The van der Waals surface area contributed by atoms with E-state index >= 15 is 0 Å². The average molecular weight is 384 g/mol. The molecule has 3 rings (SSSR count). The van der Waals surface area contributed by atoms with Crippen LogP contribution in [0.1, 0.15) is 23.6 Å². The second kappa shape index (κ2) is 12.4. The number of rotatable bonds is 5. The summed E-state index contributed by atoms with van der Waals surface area (Å²) >= 11 is 0. The number of carbonyl (C=O) groups is 1. The molecule has 5 heteroatoms. The highest BCUT2D eigenvalue weighted by Crippen LogP contribution is 1.98. The molecule has 0 saturated heterocycles. The number of carbonyl (C=O) groups excluding carboxylic acids is 1. The second-order valence-corrected chi connectivity index (χ2v) is 6.67. The summed E-state index contributed by atoms with van der Waals surface area (Å²) in [4.78, 5) is 10.7. The minimum atomic E-state index is -0.371. The van der Waals surface area contributed by atoms with Gasteiger partial charge in [0.1, 0.15) is 6.61 Å². The Morgan fingerprint density at radius 3 is 1.82 bits per heavy atom. The quantitative estimate of drug-likeness (QED) is 0.474. The summed E-state index contributed by atoms with van der Waals surface area (Å²) < 4.78 is 11.0. The topological polar surface area (TPSA) is 41.1 Å². The summed E-state index contributed by atoms with van der Waals surface area (Å²) in [6, 6.07) is 6.21. The molecule has 0 aliphatic carbocycles. The molecule has 0 aliphatic heterocycles. The Bertz CT molecular complexity index is 823. The van der Waals surface area contributed by atoms with Crippen LogP contribution in [0.4, 0.5) is 0 Å². The maximum atomic E-state index is 10.7. The Morgan fingerprint density at radius 1 is 0.964 bits per heavy atom. The van der Waals surface area contributed by atoms with Gasteiger partial charge in [0, 0.05) is 56.8 Å². The summed E-state index contributed by atoms with van der Waals surface area (Å²) in [7, 11) is 2.02. The summed E-state index contributed by atoms with van der Waals surface area (Å²) in [5.41, 5.74) is 3.87. The zero-order valence-corrected chi connectivity index (χ0v) is 17.8. The van der Waals surface area contributed by atoms with Gasteiger partial charge in [0.25, 0.3) is 0 Å². The van der Waals surface area contributed by atoms with Gasteiger partial charge < -0.3 is 18.4 Å². The molecule has 0 aromatic carbocycles. The zero-order valence-electron chi connectivity index (χ0n) is 17.8. The lowest BCUT2D eigenvalue weighted by atomic mass is 10.4. The largest absolute Gasteiger partial charge is 0.461 e. The molecular weight excluding hydrogens is 350 g/mol. The third-order valence-corrected chi connectivity index (χ3v) is 3.90. The molecule has 0 radical (unpaired) electrons. The first-order chi connectivity index (χ1) is 13.3. The average Bonchev–Trinajstić information content (AvgIpc) is 3.38. The molecule has 0 N–H and O–H groups in total. The fourth-order valence-corrected chi connectivity index (χ4v) is 2.41. The van der Waals surface area contributed by atoms with Crippen molar-refractivity contribution in [3.05, 3.63) is 84.7 Å².